The zero-order valence-electron chi connectivity index (χ0n) is 35.0. The largest absolute Gasteiger partial charge is 0.872 e. The first-order valence-electron chi connectivity index (χ1n) is 20.6. The van der Waals surface area contributed by atoms with Gasteiger partial charge in [-0.2, -0.15) is 14.6 Å². The topological polar surface area (TPSA) is 259 Å². The number of hydrogen-bond acceptors (Lipinski definition) is 12. The molecule has 3 amide bonds. The first-order chi connectivity index (χ1) is 31.9. The highest BCUT2D eigenvalue weighted by Crippen LogP contribution is 2.42. The number of urea groups is 1. The van der Waals surface area contributed by atoms with Gasteiger partial charge in [-0.05, 0) is 97.2 Å². The predicted molar refractivity (Wildman–Crippen MR) is 248 cm³/mol. The fourth-order valence-corrected chi connectivity index (χ4v) is 7.72. The molecular formula is C46H38N11O8S-. The summed E-state index contributed by atoms with van der Waals surface area (Å²) in [6, 6.07) is 23.2. The number of nitrogens with zero attached hydrogens (tertiary/aromatic N) is 6. The number of rotatable bonds is 14. The van der Waals surface area contributed by atoms with E-state index in [1.807, 2.05) is 0 Å². The van der Waals surface area contributed by atoms with Crippen LogP contribution in [0.25, 0.3) is 61.7 Å². The number of aromatic carboxylic acids is 1. The molecule has 0 saturated heterocycles. The number of anilines is 3. The summed E-state index contributed by atoms with van der Waals surface area (Å²) in [7, 11) is 1.76. The number of hydrogen-bond donors (Lipinski definition) is 6. The Kier molecular flexibility index (Phi) is 11.8. The van der Waals surface area contributed by atoms with E-state index in [0.717, 1.165) is 24.8 Å². The second-order valence-corrected chi connectivity index (χ2v) is 15.6. The molecule has 0 unspecified atom stereocenters. The van der Waals surface area contributed by atoms with Gasteiger partial charge in [0.2, 0.25) is 17.7 Å². The zero-order chi connectivity index (χ0) is 45.9. The van der Waals surface area contributed by atoms with Gasteiger partial charge in [0.1, 0.15) is 11.3 Å². The quantitative estimate of drug-likeness (QED) is 0.0393. The molecule has 0 fully saturated rings. The standard InChI is InChI=1S/C46H39N11O8S/c1-56-24-34-40(54-56)52-44(57-42(34)51-41(55-57)35-6-5-19-64-35)53-45(63)49-26-9-7-25(8-10-26)20-38(60)47-17-3-2-4-18-48-46(66)50-27-11-14-30(33(21-27)43(61)62)39-31-15-12-28(58)22-36(31)65-37-23-29(59)13-16-32(37)39/h5-16,19,21-24,58H,2-4,17-18,20H2,1H3,(H,47,60)(H,61,62)(H2,48,50,66)(H2,49,52,53,54,63)/p-1. The van der Waals surface area contributed by atoms with Gasteiger partial charge in [-0.15, -0.1) is 10.8 Å². The lowest BCUT2D eigenvalue weighted by atomic mass is 9.90. The minimum absolute atomic E-state index is 0.0179. The highest BCUT2D eigenvalue weighted by atomic mass is 32.1. The van der Waals surface area contributed by atoms with Crippen LogP contribution in [0.2, 0.25) is 0 Å². The first-order valence-corrected chi connectivity index (χ1v) is 21.0. The van der Waals surface area contributed by atoms with Crippen LogP contribution >= 0.6 is 12.2 Å². The average molecular weight is 905 g/mol. The van der Waals surface area contributed by atoms with Crippen molar-refractivity contribution in [1.29, 1.82) is 0 Å². The van der Waals surface area contributed by atoms with E-state index in [-0.39, 0.29) is 46.4 Å². The summed E-state index contributed by atoms with van der Waals surface area (Å²) < 4.78 is 14.4. The van der Waals surface area contributed by atoms with Gasteiger partial charge in [-0.25, -0.2) is 14.6 Å². The molecule has 332 valence electrons. The smallest absolute Gasteiger partial charge is 0.336 e. The number of carbonyl (C=O) groups is 3. The fourth-order valence-electron chi connectivity index (χ4n) is 7.50. The van der Waals surface area contributed by atoms with Crippen LogP contribution < -0.4 is 37.1 Å². The average Bonchev–Trinajstić information content (AvgIpc) is 4.06. The Morgan fingerprint density at radius 3 is 2.38 bits per heavy atom. The molecule has 0 atom stereocenters. The fraction of sp³-hybridized carbons (Fsp3) is 0.152. The Labute approximate surface area is 378 Å². The van der Waals surface area contributed by atoms with Gasteiger partial charge in [-0.1, -0.05) is 30.3 Å². The van der Waals surface area contributed by atoms with E-state index in [9.17, 15) is 29.4 Å². The number of aryl methyl sites for hydroxylation is 1. The maximum Gasteiger partial charge on any atom is 0.336 e. The Bertz CT molecular complexity index is 3340. The minimum atomic E-state index is -1.18. The predicted octanol–water partition coefficient (Wildman–Crippen LogP) is 6.38. The third kappa shape index (κ3) is 9.19. The molecule has 0 saturated carbocycles. The van der Waals surface area contributed by atoms with Crippen LogP contribution in [-0.4, -0.2) is 70.6 Å². The van der Waals surface area contributed by atoms with Gasteiger partial charge in [0, 0.05) is 60.3 Å². The van der Waals surface area contributed by atoms with Crippen LogP contribution in [0.1, 0.15) is 35.2 Å². The van der Waals surface area contributed by atoms with Crippen molar-refractivity contribution in [2.75, 3.05) is 29.0 Å². The van der Waals surface area contributed by atoms with Crippen LogP contribution in [0, 0.1) is 0 Å². The van der Waals surface area contributed by atoms with Gasteiger partial charge in [0.05, 0.1) is 23.6 Å². The second kappa shape index (κ2) is 18.2. The maximum atomic E-state index is 13.1. The number of aromatic nitrogens is 6. The zero-order valence-corrected chi connectivity index (χ0v) is 35.8. The summed E-state index contributed by atoms with van der Waals surface area (Å²) in [5, 5.41) is 47.3. The molecule has 7 aromatic rings. The third-order valence-corrected chi connectivity index (χ3v) is 10.8. The summed E-state index contributed by atoms with van der Waals surface area (Å²) in [6.07, 6.45) is 5.76. The van der Waals surface area contributed by atoms with Crippen molar-refractivity contribution in [2.24, 2.45) is 7.05 Å². The van der Waals surface area contributed by atoms with Gasteiger partial charge >= 0.3 is 12.0 Å². The molecule has 66 heavy (non-hydrogen) atoms. The molecule has 6 N–H and O–H groups in total. The van der Waals surface area contributed by atoms with E-state index in [0.29, 0.717) is 79.9 Å². The van der Waals surface area contributed by atoms with Gasteiger partial charge in [0.25, 0.3) is 0 Å². The van der Waals surface area contributed by atoms with Crippen molar-refractivity contribution in [1.82, 2.24) is 40.0 Å². The van der Waals surface area contributed by atoms with E-state index in [1.54, 1.807) is 78.6 Å². The van der Waals surface area contributed by atoms with E-state index in [1.165, 1.54) is 41.1 Å². The number of furan rings is 1. The summed E-state index contributed by atoms with van der Waals surface area (Å²) in [4.78, 5) is 59.5. The van der Waals surface area contributed by atoms with Gasteiger partial charge in [0.15, 0.2) is 27.6 Å². The van der Waals surface area contributed by atoms with Crippen LogP contribution in [0.15, 0.2) is 117 Å². The van der Waals surface area contributed by atoms with Gasteiger partial charge in [-0.3, -0.25) is 19.6 Å². The monoisotopic (exact) mass is 904 g/mol. The second-order valence-electron chi connectivity index (χ2n) is 15.2. The summed E-state index contributed by atoms with van der Waals surface area (Å²) in [6.45, 7) is 1.03. The molecule has 4 aromatic heterocycles. The lowest BCUT2D eigenvalue weighted by Gasteiger charge is -2.18. The van der Waals surface area contributed by atoms with Crippen LogP contribution in [0.5, 0.6) is 5.75 Å². The SMILES string of the molecule is Cn1cc2c(nc(NC(=O)Nc3ccc(CC(=O)NCCCCCNC(=S)Nc4ccc(-c5c6ccc(=O)cc-6oc6cc([O-])ccc56)c(C(=O)O)c4)cc3)n3nc(-c4ccco4)nc23)n1. The highest BCUT2D eigenvalue weighted by molar-refractivity contribution is 7.80. The summed E-state index contributed by atoms with van der Waals surface area (Å²) in [5.41, 5.74) is 3.88. The molecule has 1 aliphatic carbocycles. The highest BCUT2D eigenvalue weighted by Gasteiger charge is 2.23. The van der Waals surface area contributed by atoms with E-state index >= 15 is 0 Å². The normalized spacial score (nSPS) is 11.3. The van der Waals surface area contributed by atoms with Crippen LogP contribution in [0.4, 0.5) is 22.1 Å². The number of benzene rings is 4. The van der Waals surface area contributed by atoms with Crippen LogP contribution in [-0.2, 0) is 18.3 Å². The van der Waals surface area contributed by atoms with E-state index in [2.05, 4.69) is 46.7 Å². The molecule has 0 bridgehead atoms. The Morgan fingerprint density at radius 2 is 1.59 bits per heavy atom. The summed E-state index contributed by atoms with van der Waals surface area (Å²) >= 11 is 5.48. The van der Waals surface area contributed by atoms with Crippen LogP contribution in [0.3, 0.4) is 0 Å². The summed E-state index contributed by atoms with van der Waals surface area (Å²) in [5.74, 6) is -0.485. The molecular weight excluding hydrogens is 867 g/mol. The van der Waals surface area contributed by atoms with Crippen molar-refractivity contribution in [3.05, 3.63) is 125 Å². The number of carboxylic acid groups (broad SMARTS) is 1. The molecule has 0 radical (unpaired) electrons. The number of unbranched alkanes of at least 4 members (excludes halogenated alkanes) is 2. The Hall–Kier alpha value is -8.65. The van der Waals surface area contributed by atoms with Crippen molar-refractivity contribution in [2.45, 2.75) is 25.7 Å². The van der Waals surface area contributed by atoms with Crippen molar-refractivity contribution < 1.29 is 33.4 Å². The van der Waals surface area contributed by atoms with E-state index < -0.39 is 12.0 Å². The van der Waals surface area contributed by atoms with Gasteiger partial charge < -0.3 is 40.3 Å². The number of nitrogens with one attached hydrogen (secondary N) is 5. The molecule has 2 aliphatic rings. The number of amides is 3. The molecule has 3 aromatic carbocycles. The number of carbonyl (C=O) groups excluding carboxylic acids is 2. The Balaban J connectivity index is 0.716. The molecule has 19 nitrogen and oxygen atoms in total. The molecule has 1 aliphatic heterocycles. The Morgan fingerprint density at radius 1 is 0.803 bits per heavy atom. The first kappa shape index (κ1) is 42.6. The molecule has 9 rings (SSSR count). The lowest BCUT2D eigenvalue weighted by Crippen LogP contribution is -2.29. The maximum absolute atomic E-state index is 13.1. The molecule has 5 heterocycles. The number of thiocarbonyl (C=S) groups is 1. The van der Waals surface area contributed by atoms with Crippen molar-refractivity contribution in [3.63, 3.8) is 0 Å². The molecule has 0 spiro atoms. The van der Waals surface area contributed by atoms with Crippen molar-refractivity contribution >= 4 is 80.2 Å². The number of carboxylic acids is 1. The third-order valence-electron chi connectivity index (χ3n) is 10.5. The van der Waals surface area contributed by atoms with E-state index in [4.69, 9.17) is 21.1 Å². The van der Waals surface area contributed by atoms with Crippen molar-refractivity contribution in [3.8, 4) is 39.8 Å². The lowest BCUT2D eigenvalue weighted by molar-refractivity contribution is -0.268. The minimum Gasteiger partial charge on any atom is -0.872 e. The number of fused-ring (bicyclic) bond motifs is 5. The molecule has 20 heteroatoms.